The molecule has 0 amide bonds. The first-order valence-electron chi connectivity index (χ1n) is 9.58. The van der Waals surface area contributed by atoms with Crippen LogP contribution in [0.2, 0.25) is 0 Å². The van der Waals surface area contributed by atoms with E-state index in [0.717, 1.165) is 34.1 Å². The Balaban J connectivity index is 1.52. The molecule has 0 bridgehead atoms. The van der Waals surface area contributed by atoms with Crippen LogP contribution in [0.3, 0.4) is 0 Å². The number of imidazole rings is 1. The van der Waals surface area contributed by atoms with E-state index < -0.39 is 0 Å². The van der Waals surface area contributed by atoms with E-state index in [4.69, 9.17) is 4.74 Å². The number of nitrogens with one attached hydrogen (secondary N) is 1. The van der Waals surface area contributed by atoms with E-state index in [1.165, 1.54) is 12.1 Å². The third kappa shape index (κ3) is 4.15. The fourth-order valence-electron chi connectivity index (χ4n) is 3.20. The molecule has 0 fully saturated rings. The minimum Gasteiger partial charge on any atom is -0.495 e. The molecule has 2 aromatic carbocycles. The van der Waals surface area contributed by atoms with E-state index in [0.29, 0.717) is 5.82 Å². The number of H-pyrrole nitrogens is 1. The number of hydrogen-bond donors (Lipinski definition) is 1. The van der Waals surface area contributed by atoms with Crippen LogP contribution in [0.1, 0.15) is 41.3 Å². The molecule has 0 spiro atoms. The van der Waals surface area contributed by atoms with Crippen LogP contribution < -0.4 is 4.74 Å². The summed E-state index contributed by atoms with van der Waals surface area (Å²) in [5, 5.41) is 7.23. The van der Waals surface area contributed by atoms with Crippen molar-refractivity contribution in [1.29, 1.82) is 0 Å². The van der Waals surface area contributed by atoms with Gasteiger partial charge in [-0.2, -0.15) is 5.10 Å². The monoisotopic (exact) mass is 403 g/mol. The second kappa shape index (κ2) is 8.32. The van der Waals surface area contributed by atoms with Crippen LogP contribution in [-0.4, -0.2) is 31.8 Å². The molecule has 2 aromatic heterocycles. The van der Waals surface area contributed by atoms with Gasteiger partial charge in [-0.05, 0) is 48.4 Å². The Hall–Kier alpha value is -3.74. The summed E-state index contributed by atoms with van der Waals surface area (Å²) >= 11 is 0. The first-order chi connectivity index (χ1) is 14.5. The predicted octanol–water partition coefficient (Wildman–Crippen LogP) is 4.77. The number of methoxy groups -OCH3 is 1. The molecule has 7 heteroatoms. The third-order valence-corrected chi connectivity index (χ3v) is 4.92. The molecule has 0 radical (unpaired) electrons. The lowest BCUT2D eigenvalue weighted by atomic mass is 10.0. The molecule has 0 saturated heterocycles. The number of hydrogen-bond acceptors (Lipinski definition) is 4. The van der Waals surface area contributed by atoms with Gasteiger partial charge in [-0.3, -0.25) is 5.10 Å². The molecule has 152 valence electrons. The summed E-state index contributed by atoms with van der Waals surface area (Å²) in [5.41, 5.74) is 3.79. The second-order valence-corrected chi connectivity index (χ2v) is 7.04. The van der Waals surface area contributed by atoms with Crippen molar-refractivity contribution >= 4 is 12.2 Å². The number of benzene rings is 2. The number of ether oxygens (including phenoxy) is 1. The molecule has 6 nitrogen and oxygen atoms in total. The normalized spacial score (nSPS) is 12.4. The molecule has 0 aliphatic carbocycles. The van der Waals surface area contributed by atoms with E-state index in [1.807, 2.05) is 55.0 Å². The molecule has 1 atom stereocenters. The summed E-state index contributed by atoms with van der Waals surface area (Å²) in [6.45, 7) is 3.95. The predicted molar refractivity (Wildman–Crippen MR) is 114 cm³/mol. The van der Waals surface area contributed by atoms with Crippen molar-refractivity contribution in [3.63, 3.8) is 0 Å². The van der Waals surface area contributed by atoms with Gasteiger partial charge in [0.1, 0.15) is 17.4 Å². The highest BCUT2D eigenvalue weighted by atomic mass is 19.1. The smallest absolute Gasteiger partial charge is 0.173 e. The van der Waals surface area contributed by atoms with Crippen molar-refractivity contribution in [2.75, 3.05) is 7.11 Å². The Bertz CT molecular complexity index is 1180. The number of aromatic nitrogens is 5. The molecule has 0 aliphatic rings. The van der Waals surface area contributed by atoms with Gasteiger partial charge >= 0.3 is 0 Å². The van der Waals surface area contributed by atoms with Gasteiger partial charge < -0.3 is 9.30 Å². The zero-order chi connectivity index (χ0) is 21.1. The highest BCUT2D eigenvalue weighted by Crippen LogP contribution is 2.26. The average Bonchev–Trinajstić information content (AvgIpc) is 3.41. The van der Waals surface area contributed by atoms with Crippen molar-refractivity contribution in [1.82, 2.24) is 24.7 Å². The Morgan fingerprint density at radius 1 is 1.13 bits per heavy atom. The molecule has 0 saturated carbocycles. The van der Waals surface area contributed by atoms with Crippen LogP contribution in [0.4, 0.5) is 4.39 Å². The number of aromatic amines is 1. The van der Waals surface area contributed by atoms with Crippen LogP contribution in [-0.2, 0) is 0 Å². The van der Waals surface area contributed by atoms with Gasteiger partial charge in [0.15, 0.2) is 5.82 Å². The standard InChI is InChI=1S/C23H22FN5O/c1-15-13-29(14-25-15)20-10-4-17(12-21(20)30-3)5-11-22-26-23(28-27-22)16(2)18-6-8-19(24)9-7-18/h4-14,16H,1-3H3,(H,26,27,28)/b11-5+/t16-/m1/s1. The van der Waals surface area contributed by atoms with E-state index in [2.05, 4.69) is 20.2 Å². The van der Waals surface area contributed by atoms with Crippen molar-refractivity contribution in [2.45, 2.75) is 19.8 Å². The molecule has 2 heterocycles. The zero-order valence-electron chi connectivity index (χ0n) is 17.0. The first kappa shape index (κ1) is 19.6. The molecule has 30 heavy (non-hydrogen) atoms. The fourth-order valence-corrected chi connectivity index (χ4v) is 3.20. The lowest BCUT2D eigenvalue weighted by Gasteiger charge is -2.09. The maximum absolute atomic E-state index is 13.1. The Labute approximate surface area is 174 Å². The highest BCUT2D eigenvalue weighted by molar-refractivity contribution is 5.69. The van der Waals surface area contributed by atoms with Gasteiger partial charge in [-0.15, -0.1) is 0 Å². The first-order valence-corrected chi connectivity index (χ1v) is 9.58. The summed E-state index contributed by atoms with van der Waals surface area (Å²) in [7, 11) is 1.65. The topological polar surface area (TPSA) is 68.6 Å². The summed E-state index contributed by atoms with van der Waals surface area (Å²) in [5.74, 6) is 1.78. The molecule has 0 aliphatic heterocycles. The van der Waals surface area contributed by atoms with Gasteiger partial charge in [0.25, 0.3) is 0 Å². The average molecular weight is 403 g/mol. The van der Waals surface area contributed by atoms with Gasteiger partial charge in [-0.1, -0.05) is 31.2 Å². The maximum Gasteiger partial charge on any atom is 0.173 e. The summed E-state index contributed by atoms with van der Waals surface area (Å²) in [6, 6.07) is 12.4. The molecular formula is C23H22FN5O. The SMILES string of the molecule is COc1cc(/C=C/c2n[nH]c([C@H](C)c3ccc(F)cc3)n2)ccc1-n1cnc(C)c1. The minimum atomic E-state index is -0.253. The molecule has 4 rings (SSSR count). The molecule has 0 unspecified atom stereocenters. The quantitative estimate of drug-likeness (QED) is 0.504. The summed E-state index contributed by atoms with van der Waals surface area (Å²) in [4.78, 5) is 8.81. The zero-order valence-corrected chi connectivity index (χ0v) is 17.0. The van der Waals surface area contributed by atoms with Crippen LogP contribution >= 0.6 is 0 Å². The van der Waals surface area contributed by atoms with Gasteiger partial charge in [0.05, 0.1) is 24.8 Å². The number of rotatable bonds is 6. The van der Waals surface area contributed by atoms with Gasteiger partial charge in [0.2, 0.25) is 0 Å². The van der Waals surface area contributed by atoms with E-state index in [1.54, 1.807) is 25.6 Å². The minimum absolute atomic E-state index is 0.0155. The lowest BCUT2D eigenvalue weighted by Crippen LogP contribution is -1.98. The highest BCUT2D eigenvalue weighted by Gasteiger charge is 2.13. The van der Waals surface area contributed by atoms with Gasteiger partial charge in [0, 0.05) is 12.1 Å². The molecular weight excluding hydrogens is 381 g/mol. The van der Waals surface area contributed by atoms with Crippen molar-refractivity contribution < 1.29 is 9.13 Å². The Morgan fingerprint density at radius 2 is 1.93 bits per heavy atom. The van der Waals surface area contributed by atoms with Crippen molar-refractivity contribution in [3.8, 4) is 11.4 Å². The fraction of sp³-hybridized carbons (Fsp3) is 0.174. The summed E-state index contributed by atoms with van der Waals surface area (Å²) in [6.07, 6.45) is 7.49. The van der Waals surface area contributed by atoms with Crippen LogP contribution in [0.15, 0.2) is 55.0 Å². The lowest BCUT2D eigenvalue weighted by molar-refractivity contribution is 0.413. The number of aryl methyl sites for hydroxylation is 1. The van der Waals surface area contributed by atoms with Gasteiger partial charge in [-0.25, -0.2) is 14.4 Å². The number of nitrogens with zero attached hydrogens (tertiary/aromatic N) is 4. The van der Waals surface area contributed by atoms with Crippen LogP contribution in [0, 0.1) is 12.7 Å². The summed E-state index contributed by atoms with van der Waals surface area (Å²) < 4.78 is 20.6. The number of halogens is 1. The largest absolute Gasteiger partial charge is 0.495 e. The second-order valence-electron chi connectivity index (χ2n) is 7.04. The Kier molecular flexibility index (Phi) is 5.43. The third-order valence-electron chi connectivity index (χ3n) is 4.92. The Morgan fingerprint density at radius 3 is 2.63 bits per heavy atom. The van der Waals surface area contributed by atoms with Crippen molar-refractivity contribution in [2.24, 2.45) is 0 Å². The van der Waals surface area contributed by atoms with Crippen LogP contribution in [0.25, 0.3) is 17.8 Å². The van der Waals surface area contributed by atoms with E-state index in [-0.39, 0.29) is 11.7 Å². The molecule has 1 N–H and O–H groups in total. The maximum atomic E-state index is 13.1. The van der Waals surface area contributed by atoms with Crippen molar-refractivity contribution in [3.05, 3.63) is 89.3 Å². The van der Waals surface area contributed by atoms with Crippen LogP contribution in [0.5, 0.6) is 5.75 Å². The van der Waals surface area contributed by atoms with E-state index in [9.17, 15) is 4.39 Å². The molecule has 4 aromatic rings. The van der Waals surface area contributed by atoms with E-state index >= 15 is 0 Å².